The molecule has 5 heteroatoms. The number of nitrogens with zero attached hydrogens (tertiary/aromatic N) is 1. The van der Waals surface area contributed by atoms with Crippen molar-refractivity contribution in [2.45, 2.75) is 19.3 Å². The molecular formula is C12H12Cl2N2O. The average molecular weight is 271 g/mol. The summed E-state index contributed by atoms with van der Waals surface area (Å²) in [6.07, 6.45) is 2.02. The third kappa shape index (κ3) is 4.64. The van der Waals surface area contributed by atoms with E-state index in [0.29, 0.717) is 28.6 Å². The first-order valence-corrected chi connectivity index (χ1v) is 6.14. The summed E-state index contributed by atoms with van der Waals surface area (Å²) in [6.45, 7) is 0. The van der Waals surface area contributed by atoms with Crippen molar-refractivity contribution >= 4 is 34.8 Å². The van der Waals surface area contributed by atoms with Gasteiger partial charge in [0.2, 0.25) is 5.91 Å². The van der Waals surface area contributed by atoms with Gasteiger partial charge in [0, 0.05) is 18.0 Å². The first kappa shape index (κ1) is 13.8. The molecule has 1 aromatic rings. The van der Waals surface area contributed by atoms with Crippen molar-refractivity contribution in [2.24, 2.45) is 0 Å². The molecule has 0 heterocycles. The highest BCUT2D eigenvalue weighted by atomic mass is 35.5. The first-order valence-electron chi connectivity index (χ1n) is 5.23. The predicted molar refractivity (Wildman–Crippen MR) is 69.4 cm³/mol. The van der Waals surface area contributed by atoms with Crippen LogP contribution in [0.25, 0.3) is 0 Å². The van der Waals surface area contributed by atoms with Crippen molar-refractivity contribution in [3.05, 3.63) is 28.8 Å². The van der Waals surface area contributed by atoms with E-state index in [0.717, 1.165) is 12.8 Å². The summed E-state index contributed by atoms with van der Waals surface area (Å²) >= 11 is 11.4. The molecule has 0 fully saturated rings. The van der Waals surface area contributed by atoms with Gasteiger partial charge < -0.3 is 5.32 Å². The maximum Gasteiger partial charge on any atom is 0.224 e. The van der Waals surface area contributed by atoms with Crippen LogP contribution in [0.5, 0.6) is 0 Å². The molecule has 0 saturated heterocycles. The van der Waals surface area contributed by atoms with Crippen LogP contribution in [0.4, 0.5) is 5.69 Å². The number of hydrogen-bond acceptors (Lipinski definition) is 2. The number of rotatable bonds is 5. The highest BCUT2D eigenvalue weighted by Crippen LogP contribution is 2.20. The van der Waals surface area contributed by atoms with Gasteiger partial charge in [0.1, 0.15) is 6.07 Å². The Hall–Kier alpha value is -1.24. The first-order chi connectivity index (χ1) is 8.17. The van der Waals surface area contributed by atoms with Crippen LogP contribution in [0.15, 0.2) is 18.2 Å². The minimum atomic E-state index is -0.0732. The molecule has 0 radical (unpaired) electrons. The Morgan fingerprint density at radius 3 is 2.76 bits per heavy atom. The second kappa shape index (κ2) is 7.16. The fraction of sp³-hybridized carbons (Fsp3) is 0.333. The number of anilines is 1. The molecule has 1 amide bonds. The van der Waals surface area contributed by atoms with Gasteiger partial charge in [-0.15, -0.1) is 11.6 Å². The van der Waals surface area contributed by atoms with E-state index in [1.807, 2.05) is 6.07 Å². The van der Waals surface area contributed by atoms with E-state index in [9.17, 15) is 4.79 Å². The van der Waals surface area contributed by atoms with Gasteiger partial charge in [0.05, 0.1) is 10.6 Å². The number of nitriles is 1. The van der Waals surface area contributed by atoms with Crippen LogP contribution < -0.4 is 5.32 Å². The number of hydrogen-bond donors (Lipinski definition) is 1. The largest absolute Gasteiger partial charge is 0.326 e. The molecule has 0 bridgehead atoms. The van der Waals surface area contributed by atoms with E-state index in [1.54, 1.807) is 18.2 Å². The zero-order chi connectivity index (χ0) is 12.7. The maximum absolute atomic E-state index is 11.5. The van der Waals surface area contributed by atoms with Crippen LogP contribution in [0.1, 0.15) is 24.8 Å². The minimum absolute atomic E-state index is 0.0732. The molecule has 0 aliphatic carbocycles. The third-order valence-electron chi connectivity index (χ3n) is 2.16. The molecule has 0 aliphatic heterocycles. The highest BCUT2D eigenvalue weighted by molar-refractivity contribution is 6.32. The van der Waals surface area contributed by atoms with Crippen LogP contribution in [0, 0.1) is 11.3 Å². The van der Waals surface area contributed by atoms with Crippen molar-refractivity contribution in [3.63, 3.8) is 0 Å². The van der Waals surface area contributed by atoms with Crippen LogP contribution in [-0.2, 0) is 4.79 Å². The zero-order valence-corrected chi connectivity index (χ0v) is 10.7. The lowest BCUT2D eigenvalue weighted by Crippen LogP contribution is -2.11. The second-order valence-electron chi connectivity index (χ2n) is 3.50. The molecule has 0 unspecified atom stereocenters. The van der Waals surface area contributed by atoms with Crippen LogP contribution in [0.2, 0.25) is 5.02 Å². The molecule has 3 nitrogen and oxygen atoms in total. The molecule has 0 spiro atoms. The molecule has 1 aromatic carbocycles. The van der Waals surface area contributed by atoms with Crippen LogP contribution in [-0.4, -0.2) is 11.8 Å². The van der Waals surface area contributed by atoms with Gasteiger partial charge in [-0.05, 0) is 31.0 Å². The maximum atomic E-state index is 11.5. The quantitative estimate of drug-likeness (QED) is 0.657. The van der Waals surface area contributed by atoms with E-state index in [4.69, 9.17) is 28.5 Å². The van der Waals surface area contributed by atoms with Gasteiger partial charge in [0.15, 0.2) is 0 Å². The second-order valence-corrected chi connectivity index (χ2v) is 4.29. The zero-order valence-electron chi connectivity index (χ0n) is 9.17. The summed E-state index contributed by atoms with van der Waals surface area (Å²) in [5.41, 5.74) is 0.997. The molecule has 0 aromatic heterocycles. The molecule has 90 valence electrons. The van der Waals surface area contributed by atoms with Gasteiger partial charge in [-0.2, -0.15) is 5.26 Å². The minimum Gasteiger partial charge on any atom is -0.326 e. The summed E-state index contributed by atoms with van der Waals surface area (Å²) in [6, 6.07) is 6.76. The van der Waals surface area contributed by atoms with Crippen LogP contribution in [0.3, 0.4) is 0 Å². The van der Waals surface area contributed by atoms with Crippen molar-refractivity contribution in [3.8, 4) is 6.07 Å². The summed E-state index contributed by atoms with van der Waals surface area (Å²) in [4.78, 5) is 11.5. The van der Waals surface area contributed by atoms with E-state index in [2.05, 4.69) is 5.32 Å². The number of alkyl halides is 1. The number of carbonyl (C=O) groups excluding carboxylic acids is 1. The molecule has 1 N–H and O–H groups in total. The Balaban J connectivity index is 2.55. The summed E-state index contributed by atoms with van der Waals surface area (Å²) in [7, 11) is 0. The molecule has 0 atom stereocenters. The number of benzene rings is 1. The Morgan fingerprint density at radius 2 is 2.18 bits per heavy atom. The topological polar surface area (TPSA) is 52.9 Å². The van der Waals surface area contributed by atoms with Gasteiger partial charge in [-0.25, -0.2) is 0 Å². The molecule has 0 saturated carbocycles. The Bertz CT molecular complexity index is 441. The lowest BCUT2D eigenvalue weighted by molar-refractivity contribution is -0.116. The van der Waals surface area contributed by atoms with E-state index < -0.39 is 0 Å². The van der Waals surface area contributed by atoms with E-state index >= 15 is 0 Å². The number of nitrogens with one attached hydrogen (secondary N) is 1. The Kier molecular flexibility index (Phi) is 5.82. The molecule has 1 rings (SSSR count). The monoisotopic (exact) mass is 270 g/mol. The SMILES string of the molecule is N#Cc1ccc(NC(=O)CCCCCl)cc1Cl. The fourth-order valence-electron chi connectivity index (χ4n) is 1.29. The van der Waals surface area contributed by atoms with Crippen LogP contribution >= 0.6 is 23.2 Å². The lowest BCUT2D eigenvalue weighted by atomic mass is 10.2. The van der Waals surface area contributed by atoms with Gasteiger partial charge in [0.25, 0.3) is 0 Å². The Labute approximate surface area is 110 Å². The number of amides is 1. The highest BCUT2D eigenvalue weighted by Gasteiger charge is 2.04. The van der Waals surface area contributed by atoms with Crippen molar-refractivity contribution < 1.29 is 4.79 Å². The van der Waals surface area contributed by atoms with Gasteiger partial charge in [-0.1, -0.05) is 11.6 Å². The van der Waals surface area contributed by atoms with Gasteiger partial charge in [-0.3, -0.25) is 4.79 Å². The normalized spacial score (nSPS) is 9.71. The average Bonchev–Trinajstić information content (AvgIpc) is 2.29. The summed E-state index contributed by atoms with van der Waals surface area (Å²) in [5, 5.41) is 11.8. The predicted octanol–water partition coefficient (Wildman–Crippen LogP) is 3.56. The fourth-order valence-corrected chi connectivity index (χ4v) is 1.70. The Morgan fingerprint density at radius 1 is 1.41 bits per heavy atom. The number of halogens is 2. The standard InChI is InChI=1S/C12H12Cl2N2O/c13-6-2-1-3-12(17)16-10-5-4-9(8-15)11(14)7-10/h4-5,7H,1-3,6H2,(H,16,17). The van der Waals surface area contributed by atoms with Gasteiger partial charge >= 0.3 is 0 Å². The molecule has 17 heavy (non-hydrogen) atoms. The smallest absolute Gasteiger partial charge is 0.224 e. The third-order valence-corrected chi connectivity index (χ3v) is 2.74. The van der Waals surface area contributed by atoms with Crippen molar-refractivity contribution in [1.29, 1.82) is 5.26 Å². The lowest BCUT2D eigenvalue weighted by Gasteiger charge is -2.05. The molecule has 0 aliphatic rings. The van der Waals surface area contributed by atoms with E-state index in [-0.39, 0.29) is 5.91 Å². The van der Waals surface area contributed by atoms with Crippen molar-refractivity contribution in [1.82, 2.24) is 0 Å². The van der Waals surface area contributed by atoms with Crippen molar-refractivity contribution in [2.75, 3.05) is 11.2 Å². The summed E-state index contributed by atoms with van der Waals surface area (Å²) < 4.78 is 0. The number of unbranched alkanes of at least 4 members (excludes halogenated alkanes) is 1. The van der Waals surface area contributed by atoms with E-state index in [1.165, 1.54) is 0 Å². The number of carbonyl (C=O) groups is 1. The molecular weight excluding hydrogens is 259 g/mol. The summed E-state index contributed by atoms with van der Waals surface area (Å²) in [5.74, 6) is 0.492.